The van der Waals surface area contributed by atoms with Crippen molar-refractivity contribution in [1.82, 2.24) is 10.6 Å². The van der Waals surface area contributed by atoms with Crippen LogP contribution in [0.4, 0.5) is 0 Å². The summed E-state index contributed by atoms with van der Waals surface area (Å²) in [5, 5.41) is 7.86. The Labute approximate surface area is 56.0 Å². The molecule has 2 heterocycles. The van der Waals surface area contributed by atoms with Crippen molar-refractivity contribution in [2.75, 3.05) is 19.6 Å². The summed E-state index contributed by atoms with van der Waals surface area (Å²) in [4.78, 5) is 0. The summed E-state index contributed by atoms with van der Waals surface area (Å²) in [5.41, 5.74) is 0. The molecule has 51 valence electrons. The molecule has 2 unspecified atom stereocenters. The average Bonchev–Trinajstić information content (AvgIpc) is 2.33. The highest BCUT2D eigenvalue weighted by molar-refractivity contribution is 4.88. The number of hydrogen-bond donors (Lipinski definition) is 1. The van der Waals surface area contributed by atoms with Crippen LogP contribution in [-0.2, 0) is 0 Å². The number of fused-ring (bicyclic) bond motifs is 1. The van der Waals surface area contributed by atoms with Crippen molar-refractivity contribution in [3.8, 4) is 0 Å². The second kappa shape index (κ2) is 2.27. The highest BCUT2D eigenvalue weighted by atomic mass is 15.0. The first-order valence-corrected chi connectivity index (χ1v) is 3.84. The van der Waals surface area contributed by atoms with E-state index in [-0.39, 0.29) is 0 Å². The molecule has 2 rings (SSSR count). The minimum absolute atomic E-state index is 0.679. The number of nitrogens with zero attached hydrogens (tertiary/aromatic N) is 1. The Hall–Kier alpha value is -0.0800. The third-order valence-electron chi connectivity index (χ3n) is 2.45. The molecule has 2 aliphatic heterocycles. The molecule has 0 saturated carbocycles. The molecule has 0 aromatic rings. The summed E-state index contributed by atoms with van der Waals surface area (Å²) in [7, 11) is 0. The molecule has 1 radical (unpaired) electrons. The highest BCUT2D eigenvalue weighted by Crippen LogP contribution is 2.21. The molecule has 2 fully saturated rings. The molecular formula is C7H13N2. The zero-order valence-electron chi connectivity index (χ0n) is 5.64. The van der Waals surface area contributed by atoms with Crippen LogP contribution in [0.25, 0.3) is 0 Å². The Morgan fingerprint density at radius 2 is 2.33 bits per heavy atom. The molecule has 0 aliphatic carbocycles. The van der Waals surface area contributed by atoms with Crippen molar-refractivity contribution in [3.05, 3.63) is 0 Å². The van der Waals surface area contributed by atoms with Crippen LogP contribution in [0.1, 0.15) is 12.8 Å². The Morgan fingerprint density at radius 1 is 1.33 bits per heavy atom. The van der Waals surface area contributed by atoms with Crippen LogP contribution < -0.4 is 10.6 Å². The Morgan fingerprint density at radius 3 is 3.22 bits per heavy atom. The molecule has 2 aliphatic rings. The standard InChI is InChI=1S/C7H13N2/c1-3-8-5-7-6(1)2-4-9-7/h6-8H,1-5H2. The van der Waals surface area contributed by atoms with Gasteiger partial charge in [-0.25, -0.2) is 5.32 Å². The quantitative estimate of drug-likeness (QED) is 0.483. The molecule has 0 aromatic carbocycles. The number of piperidine rings is 1. The van der Waals surface area contributed by atoms with Crippen LogP contribution >= 0.6 is 0 Å². The lowest BCUT2D eigenvalue weighted by molar-refractivity contribution is 0.340. The average molecular weight is 125 g/mol. The first-order valence-electron chi connectivity index (χ1n) is 3.84. The fraction of sp³-hybridized carbons (Fsp3) is 1.00. The molecule has 1 N–H and O–H groups in total. The fourth-order valence-corrected chi connectivity index (χ4v) is 1.85. The normalized spacial score (nSPS) is 42.7. The lowest BCUT2D eigenvalue weighted by Crippen LogP contribution is -2.40. The Kier molecular flexibility index (Phi) is 1.44. The maximum atomic E-state index is 4.50. The van der Waals surface area contributed by atoms with Gasteiger partial charge in [-0.05, 0) is 25.3 Å². The zero-order valence-corrected chi connectivity index (χ0v) is 5.64. The smallest absolute Gasteiger partial charge is 0.0399 e. The van der Waals surface area contributed by atoms with Gasteiger partial charge in [0.25, 0.3) is 0 Å². The Balaban J connectivity index is 1.97. The fourth-order valence-electron chi connectivity index (χ4n) is 1.85. The maximum absolute atomic E-state index is 4.50. The van der Waals surface area contributed by atoms with E-state index in [1.165, 1.54) is 19.4 Å². The van der Waals surface area contributed by atoms with Gasteiger partial charge in [0.2, 0.25) is 0 Å². The minimum Gasteiger partial charge on any atom is -0.315 e. The van der Waals surface area contributed by atoms with E-state index in [1.54, 1.807) is 0 Å². The van der Waals surface area contributed by atoms with Gasteiger partial charge in [-0.15, -0.1) is 0 Å². The first-order chi connectivity index (χ1) is 4.47. The van der Waals surface area contributed by atoms with Crippen LogP contribution in [-0.4, -0.2) is 25.7 Å². The van der Waals surface area contributed by atoms with Gasteiger partial charge in [0, 0.05) is 19.1 Å². The molecule has 2 heteroatoms. The summed E-state index contributed by atoms with van der Waals surface area (Å²) in [6.45, 7) is 3.48. The maximum Gasteiger partial charge on any atom is 0.0399 e. The van der Waals surface area contributed by atoms with E-state index in [0.29, 0.717) is 6.04 Å². The van der Waals surface area contributed by atoms with Gasteiger partial charge >= 0.3 is 0 Å². The molecule has 0 spiro atoms. The monoisotopic (exact) mass is 125 g/mol. The van der Waals surface area contributed by atoms with Gasteiger partial charge < -0.3 is 5.32 Å². The summed E-state index contributed by atoms with van der Waals surface area (Å²) < 4.78 is 0. The molecule has 0 aromatic heterocycles. The van der Waals surface area contributed by atoms with Crippen LogP contribution in [0, 0.1) is 5.92 Å². The van der Waals surface area contributed by atoms with Crippen LogP contribution in [0.15, 0.2) is 0 Å². The van der Waals surface area contributed by atoms with E-state index in [0.717, 1.165) is 19.0 Å². The van der Waals surface area contributed by atoms with E-state index < -0.39 is 0 Å². The number of hydrogen-bond acceptors (Lipinski definition) is 1. The molecule has 0 bridgehead atoms. The van der Waals surface area contributed by atoms with Gasteiger partial charge in [0.15, 0.2) is 0 Å². The first kappa shape index (κ1) is 5.69. The molecule has 9 heavy (non-hydrogen) atoms. The predicted octanol–water partition coefficient (Wildman–Crippen LogP) is -0.0274. The van der Waals surface area contributed by atoms with Gasteiger partial charge in [-0.1, -0.05) is 0 Å². The summed E-state index contributed by atoms with van der Waals surface area (Å²) in [5.74, 6) is 0.936. The molecule has 2 atom stereocenters. The minimum atomic E-state index is 0.679. The molecule has 0 amide bonds. The van der Waals surface area contributed by atoms with Gasteiger partial charge in [0.1, 0.15) is 0 Å². The molecule has 2 saturated heterocycles. The Bertz CT molecular complexity index is 91.1. The van der Waals surface area contributed by atoms with Gasteiger partial charge in [-0.3, -0.25) is 0 Å². The van der Waals surface area contributed by atoms with E-state index in [1.807, 2.05) is 0 Å². The van der Waals surface area contributed by atoms with Crippen LogP contribution in [0.2, 0.25) is 0 Å². The van der Waals surface area contributed by atoms with Crippen molar-refractivity contribution in [2.45, 2.75) is 18.9 Å². The van der Waals surface area contributed by atoms with Crippen LogP contribution in [0.3, 0.4) is 0 Å². The zero-order chi connectivity index (χ0) is 6.10. The van der Waals surface area contributed by atoms with Crippen molar-refractivity contribution in [1.29, 1.82) is 0 Å². The highest BCUT2D eigenvalue weighted by Gasteiger charge is 2.29. The number of nitrogens with one attached hydrogen (secondary N) is 1. The number of rotatable bonds is 0. The van der Waals surface area contributed by atoms with E-state index in [2.05, 4.69) is 10.6 Å². The van der Waals surface area contributed by atoms with Crippen molar-refractivity contribution in [3.63, 3.8) is 0 Å². The summed E-state index contributed by atoms with van der Waals surface area (Å²) in [6, 6.07) is 0.679. The second-order valence-electron chi connectivity index (χ2n) is 3.02. The van der Waals surface area contributed by atoms with E-state index >= 15 is 0 Å². The van der Waals surface area contributed by atoms with Crippen molar-refractivity contribution < 1.29 is 0 Å². The van der Waals surface area contributed by atoms with Gasteiger partial charge in [-0.2, -0.15) is 0 Å². The predicted molar refractivity (Wildman–Crippen MR) is 36.4 cm³/mol. The van der Waals surface area contributed by atoms with Crippen molar-refractivity contribution in [2.24, 2.45) is 5.92 Å². The largest absolute Gasteiger partial charge is 0.315 e. The van der Waals surface area contributed by atoms with E-state index in [4.69, 9.17) is 0 Å². The third kappa shape index (κ3) is 0.970. The SMILES string of the molecule is C1CC2CCNCC2[N]1. The lowest BCUT2D eigenvalue weighted by atomic mass is 9.94. The van der Waals surface area contributed by atoms with Gasteiger partial charge in [0.05, 0.1) is 0 Å². The molecule has 2 nitrogen and oxygen atoms in total. The summed E-state index contributed by atoms with van der Waals surface area (Å²) in [6.07, 6.45) is 2.71. The summed E-state index contributed by atoms with van der Waals surface area (Å²) >= 11 is 0. The topological polar surface area (TPSA) is 26.1 Å². The van der Waals surface area contributed by atoms with E-state index in [9.17, 15) is 0 Å². The lowest BCUT2D eigenvalue weighted by Gasteiger charge is -2.24. The van der Waals surface area contributed by atoms with Crippen molar-refractivity contribution >= 4 is 0 Å². The third-order valence-corrected chi connectivity index (χ3v) is 2.45. The van der Waals surface area contributed by atoms with Crippen LogP contribution in [0.5, 0.6) is 0 Å². The second-order valence-corrected chi connectivity index (χ2v) is 3.02. The molecular weight excluding hydrogens is 112 g/mol.